The third kappa shape index (κ3) is 3.47. The van der Waals surface area contributed by atoms with E-state index in [4.69, 9.17) is 21.4 Å². The molecule has 0 bridgehead atoms. The molecular weight excluding hydrogens is 463 g/mol. The van der Waals surface area contributed by atoms with E-state index in [9.17, 15) is 13.3 Å². The van der Waals surface area contributed by atoms with Crippen molar-refractivity contribution < 1.29 is 23.1 Å². The molecule has 0 aliphatic heterocycles. The standard InChI is InChI=1S/C18H16BrClF2NO3P/c1-10-11(2)23(17-13(10)4-3-5-16(17)20)9-12-6-7-14(15(19)8-12)18(21,22)27(24,25)26/h3-8H,9H2,1-2H3,(H2,24,25,26). The molecule has 2 N–H and O–H groups in total. The summed E-state index contributed by atoms with van der Waals surface area (Å²) in [7, 11) is -5.63. The quantitative estimate of drug-likeness (QED) is 0.456. The maximum Gasteiger partial charge on any atom is 0.399 e. The highest BCUT2D eigenvalue weighted by atomic mass is 79.9. The molecule has 0 spiro atoms. The Hall–Kier alpha value is -1.24. The van der Waals surface area contributed by atoms with Gasteiger partial charge in [-0.1, -0.05) is 51.8 Å². The summed E-state index contributed by atoms with van der Waals surface area (Å²) < 4.78 is 41.0. The van der Waals surface area contributed by atoms with Crippen LogP contribution in [0.4, 0.5) is 8.78 Å². The van der Waals surface area contributed by atoms with Crippen LogP contribution in [0.3, 0.4) is 0 Å². The Morgan fingerprint density at radius 1 is 1.22 bits per heavy atom. The topological polar surface area (TPSA) is 62.5 Å². The number of fused-ring (bicyclic) bond motifs is 1. The summed E-state index contributed by atoms with van der Waals surface area (Å²) in [4.78, 5) is 17.9. The molecule has 0 unspecified atom stereocenters. The molecule has 0 fully saturated rings. The van der Waals surface area contributed by atoms with Gasteiger partial charge in [0.05, 0.1) is 10.5 Å². The minimum atomic E-state index is -5.63. The Bertz CT molecular complexity index is 1090. The van der Waals surface area contributed by atoms with Gasteiger partial charge in [-0.3, -0.25) is 4.57 Å². The van der Waals surface area contributed by atoms with Crippen LogP contribution in [-0.2, 0) is 16.8 Å². The van der Waals surface area contributed by atoms with Gasteiger partial charge in [0, 0.05) is 27.7 Å². The number of alkyl halides is 2. The molecule has 27 heavy (non-hydrogen) atoms. The van der Waals surface area contributed by atoms with Crippen molar-refractivity contribution in [1.29, 1.82) is 0 Å². The third-order valence-electron chi connectivity index (χ3n) is 4.67. The van der Waals surface area contributed by atoms with Crippen molar-refractivity contribution in [2.75, 3.05) is 0 Å². The van der Waals surface area contributed by atoms with E-state index in [1.807, 2.05) is 30.5 Å². The summed E-state index contributed by atoms with van der Waals surface area (Å²) in [6.07, 6.45) is 0. The monoisotopic (exact) mass is 477 g/mol. The molecular formula is C18H16BrClF2NO3P. The molecule has 0 aliphatic rings. The van der Waals surface area contributed by atoms with Crippen LogP contribution in [0.5, 0.6) is 0 Å². The van der Waals surface area contributed by atoms with Crippen molar-refractivity contribution in [2.45, 2.75) is 26.1 Å². The molecule has 4 nitrogen and oxygen atoms in total. The van der Waals surface area contributed by atoms with Gasteiger partial charge in [0.25, 0.3) is 0 Å². The number of rotatable bonds is 4. The summed E-state index contributed by atoms with van der Waals surface area (Å²) in [6, 6.07) is 9.54. The van der Waals surface area contributed by atoms with E-state index >= 15 is 0 Å². The van der Waals surface area contributed by atoms with Gasteiger partial charge in [0.1, 0.15) is 0 Å². The number of para-hydroxylation sites is 1. The maximum atomic E-state index is 14.0. The predicted octanol–water partition coefficient (Wildman–Crippen LogP) is 5.95. The first-order valence-electron chi connectivity index (χ1n) is 7.91. The molecule has 0 atom stereocenters. The summed E-state index contributed by atoms with van der Waals surface area (Å²) in [5.41, 5.74) is -1.39. The van der Waals surface area contributed by atoms with Crippen LogP contribution in [0.2, 0.25) is 5.02 Å². The smallest absolute Gasteiger partial charge is 0.339 e. The molecule has 0 saturated carbocycles. The number of halogens is 4. The Morgan fingerprint density at radius 2 is 1.89 bits per heavy atom. The fourth-order valence-corrected chi connectivity index (χ4v) is 4.71. The lowest BCUT2D eigenvalue weighted by Gasteiger charge is -2.20. The van der Waals surface area contributed by atoms with Crippen molar-refractivity contribution in [1.82, 2.24) is 4.57 Å². The van der Waals surface area contributed by atoms with Gasteiger partial charge >= 0.3 is 13.3 Å². The van der Waals surface area contributed by atoms with Crippen molar-refractivity contribution in [3.63, 3.8) is 0 Å². The second kappa shape index (κ2) is 6.98. The molecule has 9 heteroatoms. The lowest BCUT2D eigenvalue weighted by atomic mass is 10.1. The number of benzene rings is 2. The number of hydrogen-bond donors (Lipinski definition) is 2. The first-order valence-corrected chi connectivity index (χ1v) is 10.7. The Morgan fingerprint density at radius 3 is 2.48 bits per heavy atom. The molecule has 0 saturated heterocycles. The first-order chi connectivity index (χ1) is 12.4. The Labute approximate surface area is 168 Å². The predicted molar refractivity (Wildman–Crippen MR) is 106 cm³/mol. The van der Waals surface area contributed by atoms with Gasteiger partial charge in [-0.15, -0.1) is 0 Å². The average molecular weight is 479 g/mol. The van der Waals surface area contributed by atoms with Gasteiger partial charge in [-0.05, 0) is 37.1 Å². The molecule has 0 amide bonds. The van der Waals surface area contributed by atoms with Gasteiger partial charge in [0.2, 0.25) is 0 Å². The molecule has 1 aromatic heterocycles. The first kappa shape index (κ1) is 20.5. The molecule has 1 heterocycles. The van der Waals surface area contributed by atoms with E-state index < -0.39 is 18.8 Å². The van der Waals surface area contributed by atoms with Gasteiger partial charge < -0.3 is 14.4 Å². The fraction of sp³-hybridized carbons (Fsp3) is 0.222. The average Bonchev–Trinajstić information content (AvgIpc) is 2.80. The van der Waals surface area contributed by atoms with E-state index in [2.05, 4.69) is 15.9 Å². The fourth-order valence-electron chi connectivity index (χ4n) is 3.10. The molecule has 3 aromatic rings. The van der Waals surface area contributed by atoms with Gasteiger partial charge in [-0.25, -0.2) is 0 Å². The van der Waals surface area contributed by atoms with Crippen LogP contribution in [0.1, 0.15) is 22.4 Å². The third-order valence-corrected chi connectivity index (χ3v) is 6.61. The van der Waals surface area contributed by atoms with Crippen LogP contribution < -0.4 is 0 Å². The number of aromatic nitrogens is 1. The summed E-state index contributed by atoms with van der Waals surface area (Å²) >= 11 is 9.38. The minimum absolute atomic E-state index is 0.0646. The Kier molecular flexibility index (Phi) is 5.30. The molecule has 0 aliphatic carbocycles. The second-order valence-electron chi connectivity index (χ2n) is 6.33. The highest BCUT2D eigenvalue weighted by molar-refractivity contribution is 9.10. The summed E-state index contributed by atoms with van der Waals surface area (Å²) in [6.45, 7) is 4.32. The number of hydrogen-bond acceptors (Lipinski definition) is 1. The van der Waals surface area contributed by atoms with Gasteiger partial charge in [-0.2, -0.15) is 8.78 Å². The van der Waals surface area contributed by atoms with Crippen LogP contribution in [0, 0.1) is 13.8 Å². The highest BCUT2D eigenvalue weighted by Crippen LogP contribution is 2.60. The molecule has 3 rings (SSSR count). The SMILES string of the molecule is Cc1c(C)n(Cc2ccc(C(F)(F)P(=O)(O)O)c(Br)c2)c2c(Cl)cccc12. The summed E-state index contributed by atoms with van der Waals surface area (Å²) in [5.74, 6) is 0. The molecule has 144 valence electrons. The highest BCUT2D eigenvalue weighted by Gasteiger charge is 2.51. The van der Waals surface area contributed by atoms with Crippen LogP contribution >= 0.6 is 35.1 Å². The summed E-state index contributed by atoms with van der Waals surface area (Å²) in [5, 5.41) is 1.61. The lowest BCUT2D eigenvalue weighted by Crippen LogP contribution is -2.15. The van der Waals surface area contributed by atoms with Crippen molar-refractivity contribution >= 4 is 46.0 Å². The van der Waals surface area contributed by atoms with Crippen LogP contribution in [0.15, 0.2) is 40.9 Å². The zero-order valence-electron chi connectivity index (χ0n) is 14.4. The van der Waals surface area contributed by atoms with E-state index in [0.717, 1.165) is 28.2 Å². The van der Waals surface area contributed by atoms with E-state index in [1.165, 1.54) is 12.1 Å². The lowest BCUT2D eigenvalue weighted by molar-refractivity contribution is 0.0557. The van der Waals surface area contributed by atoms with Crippen molar-refractivity contribution in [3.8, 4) is 0 Å². The van der Waals surface area contributed by atoms with Crippen LogP contribution in [-0.4, -0.2) is 14.4 Å². The van der Waals surface area contributed by atoms with E-state index in [-0.39, 0.29) is 4.47 Å². The normalized spacial score (nSPS) is 12.7. The molecule has 0 radical (unpaired) electrons. The maximum absolute atomic E-state index is 14.0. The zero-order chi connectivity index (χ0) is 20.1. The van der Waals surface area contributed by atoms with Crippen molar-refractivity contribution in [3.05, 3.63) is 68.3 Å². The number of aryl methyl sites for hydroxylation is 1. The van der Waals surface area contributed by atoms with E-state index in [1.54, 1.807) is 6.07 Å². The zero-order valence-corrected chi connectivity index (χ0v) is 17.6. The van der Waals surface area contributed by atoms with Crippen LogP contribution in [0.25, 0.3) is 10.9 Å². The largest absolute Gasteiger partial charge is 0.399 e. The van der Waals surface area contributed by atoms with Gasteiger partial charge in [0.15, 0.2) is 0 Å². The molecule has 2 aromatic carbocycles. The second-order valence-corrected chi connectivity index (χ2v) is 9.24. The minimum Gasteiger partial charge on any atom is -0.339 e. The number of nitrogens with zero attached hydrogens (tertiary/aromatic N) is 1. The van der Waals surface area contributed by atoms with Crippen molar-refractivity contribution in [2.24, 2.45) is 0 Å². The van der Waals surface area contributed by atoms with E-state index in [0.29, 0.717) is 17.1 Å². The Balaban J connectivity index is 2.06.